The molecule has 0 bridgehead atoms. The second-order valence-corrected chi connectivity index (χ2v) is 6.07. The first kappa shape index (κ1) is 15.2. The van der Waals surface area contributed by atoms with Crippen molar-refractivity contribution < 1.29 is 14.7 Å². The monoisotopic (exact) mass is 294 g/mol. The number of rotatable bonds is 1. The second-order valence-electron chi connectivity index (χ2n) is 6.07. The highest BCUT2D eigenvalue weighted by Gasteiger charge is 2.26. The average Bonchev–Trinajstić information content (AvgIpc) is 2.40. The fourth-order valence-corrected chi connectivity index (χ4v) is 2.14. The van der Waals surface area contributed by atoms with E-state index in [0.717, 1.165) is 10.4 Å². The maximum Gasteiger partial charge on any atom is 0.410 e. The van der Waals surface area contributed by atoms with Gasteiger partial charge in [0.1, 0.15) is 5.60 Å². The Bertz CT molecular complexity index is 568. The Labute approximate surface area is 123 Å². The Kier molecular flexibility index (Phi) is 4.11. The van der Waals surface area contributed by atoms with Gasteiger partial charge in [0.05, 0.1) is 11.9 Å². The third kappa shape index (κ3) is 3.90. The molecule has 1 amide bonds. The van der Waals surface area contributed by atoms with E-state index in [1.54, 1.807) is 11.0 Å². The molecule has 1 aromatic heterocycles. The van der Waals surface area contributed by atoms with Crippen LogP contribution >= 0.6 is 0 Å². The lowest BCUT2D eigenvalue weighted by molar-refractivity contribution is 0.0240. The number of carbonyl (C=O) groups is 1. The molecule has 1 aliphatic heterocycles. The molecule has 0 unspecified atom stereocenters. The van der Waals surface area contributed by atoms with Crippen LogP contribution in [-0.2, 0) is 4.74 Å². The molecule has 116 valence electrons. The smallest absolute Gasteiger partial charge is 0.410 e. The lowest BCUT2D eigenvalue weighted by atomic mass is 10.2. The third-order valence-corrected chi connectivity index (χ3v) is 3.21. The first-order valence-corrected chi connectivity index (χ1v) is 6.96. The van der Waals surface area contributed by atoms with Crippen molar-refractivity contribution in [2.75, 3.05) is 31.1 Å². The first-order chi connectivity index (χ1) is 9.76. The van der Waals surface area contributed by atoms with E-state index in [9.17, 15) is 10.0 Å². The maximum atomic E-state index is 12.0. The number of nitrogens with zero attached hydrogens (tertiary/aromatic N) is 3. The van der Waals surface area contributed by atoms with E-state index in [2.05, 4.69) is 4.90 Å². The zero-order valence-corrected chi connectivity index (χ0v) is 12.7. The summed E-state index contributed by atoms with van der Waals surface area (Å²) in [6.45, 7) is 8.02. The molecule has 0 atom stereocenters. The zero-order chi connectivity index (χ0) is 15.6. The quantitative estimate of drug-likeness (QED) is 0.764. The van der Waals surface area contributed by atoms with Crippen molar-refractivity contribution in [3.05, 3.63) is 23.8 Å². The van der Waals surface area contributed by atoms with Gasteiger partial charge in [-0.05, 0) is 32.9 Å². The summed E-state index contributed by atoms with van der Waals surface area (Å²) in [5.41, 5.74) is 0.379. The molecule has 1 aliphatic rings. The van der Waals surface area contributed by atoms with Crippen LogP contribution < -0.4 is 10.4 Å². The van der Waals surface area contributed by atoms with Gasteiger partial charge in [0.2, 0.25) is 0 Å². The van der Waals surface area contributed by atoms with E-state index >= 15 is 0 Å². The minimum absolute atomic E-state index is 0.0335. The fourth-order valence-electron chi connectivity index (χ4n) is 2.14. The van der Waals surface area contributed by atoms with Crippen LogP contribution in [0.3, 0.4) is 0 Å². The topological polar surface area (TPSA) is 81.8 Å². The summed E-state index contributed by atoms with van der Waals surface area (Å²) in [5, 5.41) is 16.9. The number of piperazine rings is 1. The molecule has 1 aromatic rings. The van der Waals surface area contributed by atoms with Gasteiger partial charge in [0.25, 0.3) is 0 Å². The summed E-state index contributed by atoms with van der Waals surface area (Å²) in [6.07, 6.45) is 1.21. The van der Waals surface area contributed by atoms with Crippen molar-refractivity contribution in [1.29, 1.82) is 5.41 Å². The summed E-state index contributed by atoms with van der Waals surface area (Å²) in [6, 6.07) is 3.33. The highest BCUT2D eigenvalue weighted by molar-refractivity contribution is 5.68. The average molecular weight is 294 g/mol. The van der Waals surface area contributed by atoms with Gasteiger partial charge in [-0.1, -0.05) is 0 Å². The third-order valence-electron chi connectivity index (χ3n) is 3.21. The van der Waals surface area contributed by atoms with Crippen molar-refractivity contribution >= 4 is 11.8 Å². The number of anilines is 1. The van der Waals surface area contributed by atoms with E-state index in [-0.39, 0.29) is 11.6 Å². The highest BCUT2D eigenvalue weighted by atomic mass is 16.6. The summed E-state index contributed by atoms with van der Waals surface area (Å²) in [4.78, 5) is 15.7. The Morgan fingerprint density at radius 3 is 2.38 bits per heavy atom. The normalized spacial score (nSPS) is 16.0. The number of ether oxygens (including phenoxy) is 1. The number of amides is 1. The number of nitrogens with one attached hydrogen (secondary N) is 1. The molecule has 1 fully saturated rings. The van der Waals surface area contributed by atoms with Gasteiger partial charge >= 0.3 is 6.09 Å². The van der Waals surface area contributed by atoms with Crippen molar-refractivity contribution in [1.82, 2.24) is 9.63 Å². The molecule has 21 heavy (non-hydrogen) atoms. The summed E-state index contributed by atoms with van der Waals surface area (Å²) in [5.74, 6) is 0. The predicted octanol–water partition coefficient (Wildman–Crippen LogP) is 1.26. The van der Waals surface area contributed by atoms with Crippen LogP contribution in [0.2, 0.25) is 0 Å². The molecule has 7 heteroatoms. The number of pyridine rings is 1. The van der Waals surface area contributed by atoms with E-state index < -0.39 is 5.60 Å². The van der Waals surface area contributed by atoms with Crippen LogP contribution in [-0.4, -0.2) is 52.7 Å². The van der Waals surface area contributed by atoms with Crippen LogP contribution in [0.1, 0.15) is 20.8 Å². The van der Waals surface area contributed by atoms with E-state index in [4.69, 9.17) is 10.1 Å². The zero-order valence-electron chi connectivity index (χ0n) is 12.7. The van der Waals surface area contributed by atoms with Crippen molar-refractivity contribution in [2.24, 2.45) is 0 Å². The SMILES string of the molecule is CC(C)(C)OC(=O)N1CCN(c2ccc(=N)n(O)c2)CC1. The first-order valence-electron chi connectivity index (χ1n) is 6.96. The number of hydrogen-bond donors (Lipinski definition) is 2. The van der Waals surface area contributed by atoms with Gasteiger partial charge in [-0.2, -0.15) is 4.73 Å². The molecule has 2 heterocycles. The van der Waals surface area contributed by atoms with Crippen LogP contribution in [0.5, 0.6) is 0 Å². The van der Waals surface area contributed by atoms with E-state index in [1.807, 2.05) is 20.8 Å². The summed E-state index contributed by atoms with van der Waals surface area (Å²) in [7, 11) is 0. The molecular formula is C14H22N4O3. The maximum absolute atomic E-state index is 12.0. The van der Waals surface area contributed by atoms with Gasteiger partial charge in [-0.15, -0.1) is 0 Å². The Hall–Kier alpha value is -2.18. The fraction of sp³-hybridized carbons (Fsp3) is 0.571. The molecule has 2 rings (SSSR count). The molecule has 2 N–H and O–H groups in total. The summed E-state index contributed by atoms with van der Waals surface area (Å²) < 4.78 is 6.14. The molecule has 0 saturated carbocycles. The van der Waals surface area contributed by atoms with Gasteiger partial charge < -0.3 is 19.7 Å². The Balaban J connectivity index is 1.95. The highest BCUT2D eigenvalue weighted by Crippen LogP contribution is 2.16. The predicted molar refractivity (Wildman–Crippen MR) is 77.5 cm³/mol. The van der Waals surface area contributed by atoms with Crippen LogP contribution in [0.15, 0.2) is 18.3 Å². The lowest BCUT2D eigenvalue weighted by Crippen LogP contribution is -2.50. The van der Waals surface area contributed by atoms with Gasteiger partial charge in [-0.3, -0.25) is 5.41 Å². The minimum atomic E-state index is -0.486. The molecule has 1 saturated heterocycles. The molecule has 0 radical (unpaired) electrons. The number of hydrogen-bond acceptors (Lipinski definition) is 5. The van der Waals surface area contributed by atoms with Crippen molar-refractivity contribution in [3.63, 3.8) is 0 Å². The van der Waals surface area contributed by atoms with Crippen molar-refractivity contribution in [3.8, 4) is 0 Å². The Morgan fingerprint density at radius 2 is 1.86 bits per heavy atom. The number of aromatic nitrogens is 1. The number of carbonyl (C=O) groups excluding carboxylic acids is 1. The molecule has 7 nitrogen and oxygen atoms in total. The van der Waals surface area contributed by atoms with Crippen LogP contribution in [0, 0.1) is 5.41 Å². The van der Waals surface area contributed by atoms with Crippen molar-refractivity contribution in [2.45, 2.75) is 26.4 Å². The van der Waals surface area contributed by atoms with Gasteiger partial charge in [-0.25, -0.2) is 4.79 Å². The Morgan fingerprint density at radius 1 is 1.24 bits per heavy atom. The van der Waals surface area contributed by atoms with E-state index in [0.29, 0.717) is 26.2 Å². The lowest BCUT2D eigenvalue weighted by Gasteiger charge is -2.36. The van der Waals surface area contributed by atoms with E-state index in [1.165, 1.54) is 12.3 Å². The van der Waals surface area contributed by atoms with Crippen LogP contribution in [0.25, 0.3) is 0 Å². The standard InChI is InChI=1S/C14H22N4O3/c1-14(2,3)21-13(19)17-8-6-16(7-9-17)11-4-5-12(15)18(20)10-11/h4-5,10,15,20H,6-9H2,1-3H3. The second kappa shape index (κ2) is 5.67. The largest absolute Gasteiger partial charge is 0.444 e. The van der Waals surface area contributed by atoms with Crippen LogP contribution in [0.4, 0.5) is 10.5 Å². The summed E-state index contributed by atoms with van der Waals surface area (Å²) >= 11 is 0. The van der Waals surface area contributed by atoms with Gasteiger partial charge in [0.15, 0.2) is 5.49 Å². The molecular weight excluding hydrogens is 272 g/mol. The molecule has 0 aromatic carbocycles. The minimum Gasteiger partial charge on any atom is -0.444 e. The molecule has 0 aliphatic carbocycles. The molecule has 0 spiro atoms. The van der Waals surface area contributed by atoms with Gasteiger partial charge in [0, 0.05) is 26.2 Å².